The van der Waals surface area contributed by atoms with Crippen molar-refractivity contribution in [2.75, 3.05) is 0 Å². The Bertz CT molecular complexity index is 1420. The molecule has 1 unspecified atom stereocenters. The van der Waals surface area contributed by atoms with Gasteiger partial charge >= 0.3 is 0 Å². The molecule has 3 aromatic carbocycles. The Morgan fingerprint density at radius 3 is 1.61 bits per heavy atom. The molecule has 2 aromatic heterocycles. The SMILES string of the molecule is [2H]C(C)(C)c1ccnc(-c2[c-]cccc2)c1.[2H]C(C)(c1ccccc1)c1ccnc(-c2[c-]cccc2)c1.[Ir]. The third kappa shape index (κ3) is 7.31. The van der Waals surface area contributed by atoms with Gasteiger partial charge in [0.1, 0.15) is 0 Å². The molecule has 5 rings (SSSR count). The summed E-state index contributed by atoms with van der Waals surface area (Å²) in [6, 6.07) is 39.4. The summed E-state index contributed by atoms with van der Waals surface area (Å²) in [6.45, 7) is 5.66. The van der Waals surface area contributed by atoms with Gasteiger partial charge in [0.25, 0.3) is 0 Å². The smallest absolute Gasteiger partial charge is 0.0399 e. The Labute approximate surface area is 231 Å². The number of hydrogen-bond donors (Lipinski definition) is 0. The van der Waals surface area contributed by atoms with E-state index in [1.165, 1.54) is 0 Å². The maximum absolute atomic E-state index is 8.73. The molecule has 183 valence electrons. The number of aromatic nitrogens is 2. The molecule has 0 N–H and O–H groups in total. The van der Waals surface area contributed by atoms with Crippen LogP contribution >= 0.6 is 0 Å². The fourth-order valence-corrected chi connectivity index (χ4v) is 3.66. The Hall–Kier alpha value is -3.39. The van der Waals surface area contributed by atoms with Crippen molar-refractivity contribution in [2.24, 2.45) is 0 Å². The van der Waals surface area contributed by atoms with Crippen LogP contribution in [0, 0.1) is 12.1 Å². The maximum Gasteiger partial charge on any atom is 0.0399 e. The summed E-state index contributed by atoms with van der Waals surface area (Å²) >= 11 is 0. The van der Waals surface area contributed by atoms with Crippen molar-refractivity contribution in [1.82, 2.24) is 9.97 Å². The van der Waals surface area contributed by atoms with Gasteiger partial charge in [-0.05, 0) is 40.5 Å². The Morgan fingerprint density at radius 1 is 0.611 bits per heavy atom. The van der Waals surface area contributed by atoms with E-state index in [2.05, 4.69) is 22.1 Å². The predicted molar refractivity (Wildman–Crippen MR) is 145 cm³/mol. The van der Waals surface area contributed by atoms with Crippen LogP contribution in [0.1, 0.15) is 52.0 Å². The van der Waals surface area contributed by atoms with Gasteiger partial charge in [0.15, 0.2) is 0 Å². The average Bonchev–Trinajstić information content (AvgIpc) is 2.94. The molecule has 3 heteroatoms. The molecule has 36 heavy (non-hydrogen) atoms. The topological polar surface area (TPSA) is 25.8 Å². The minimum absolute atomic E-state index is 0. The summed E-state index contributed by atoms with van der Waals surface area (Å²) in [5.74, 6) is -1.39. The van der Waals surface area contributed by atoms with Gasteiger partial charge in [-0.1, -0.05) is 68.8 Å². The van der Waals surface area contributed by atoms with E-state index in [1.54, 1.807) is 12.4 Å². The van der Waals surface area contributed by atoms with E-state index in [1.807, 2.05) is 124 Å². The Kier molecular flexibility index (Phi) is 9.21. The molecule has 0 aliphatic heterocycles. The summed E-state index contributed by atoms with van der Waals surface area (Å²) in [7, 11) is 0. The van der Waals surface area contributed by atoms with E-state index in [0.717, 1.165) is 39.2 Å². The quantitative estimate of drug-likeness (QED) is 0.179. The predicted octanol–water partition coefficient (Wildman–Crippen LogP) is 8.37. The molecule has 1 radical (unpaired) electrons. The molecule has 0 aliphatic carbocycles. The van der Waals surface area contributed by atoms with E-state index < -0.39 is 11.8 Å². The van der Waals surface area contributed by atoms with Crippen molar-refractivity contribution in [3.05, 3.63) is 144 Å². The molecule has 0 fully saturated rings. The van der Waals surface area contributed by atoms with Crippen LogP contribution in [-0.2, 0) is 20.1 Å². The first kappa shape index (κ1) is 24.3. The van der Waals surface area contributed by atoms with Gasteiger partial charge in [-0.15, -0.1) is 71.8 Å². The number of hydrogen-bond acceptors (Lipinski definition) is 2. The van der Waals surface area contributed by atoms with Gasteiger partial charge < -0.3 is 9.97 Å². The molecular weight excluding hydrogens is 617 g/mol. The number of rotatable bonds is 5. The molecule has 0 amide bonds. The first-order valence-corrected chi connectivity index (χ1v) is 11.7. The summed E-state index contributed by atoms with van der Waals surface area (Å²) in [5, 5.41) is 0. The standard InChI is InChI=1S/C19H16N.C14H14N.Ir/c1-15(16-8-4-2-5-9-16)18-12-13-20-19(14-18)17-10-6-3-7-11-17;1-11(2)13-8-9-15-14(10-13)12-6-4-3-5-7-12;/h2-10,12-15H,1H3;3-6,8-11H,1-2H3;/q2*-1;/i15D;11D;. The Balaban J connectivity index is 0.000000213. The van der Waals surface area contributed by atoms with E-state index >= 15 is 0 Å². The zero-order chi connectivity index (χ0) is 26.3. The molecule has 1 atom stereocenters. The molecule has 5 aromatic rings. The van der Waals surface area contributed by atoms with Crippen LogP contribution in [0.25, 0.3) is 22.5 Å². The second-order valence-electron chi connectivity index (χ2n) is 8.40. The van der Waals surface area contributed by atoms with E-state index in [-0.39, 0.29) is 20.1 Å². The first-order chi connectivity index (χ1) is 17.7. The molecule has 0 aliphatic rings. The van der Waals surface area contributed by atoms with Crippen molar-refractivity contribution in [3.8, 4) is 22.5 Å². The minimum Gasteiger partial charge on any atom is -0.305 e. The fraction of sp³-hybridized carbons (Fsp3) is 0.152. The second-order valence-corrected chi connectivity index (χ2v) is 8.40. The molecule has 2 nitrogen and oxygen atoms in total. The largest absolute Gasteiger partial charge is 0.305 e. The molecule has 0 saturated heterocycles. The monoisotopic (exact) mass is 649 g/mol. The van der Waals surface area contributed by atoms with Crippen LogP contribution in [0.5, 0.6) is 0 Å². The van der Waals surface area contributed by atoms with Crippen LogP contribution in [0.3, 0.4) is 0 Å². The normalized spacial score (nSPS) is 13.1. The van der Waals surface area contributed by atoms with Gasteiger partial charge in [0, 0.05) is 41.1 Å². The van der Waals surface area contributed by atoms with Crippen molar-refractivity contribution in [3.63, 3.8) is 0 Å². The Morgan fingerprint density at radius 2 is 1.11 bits per heavy atom. The molecule has 0 bridgehead atoms. The van der Waals surface area contributed by atoms with Crippen LogP contribution in [0.4, 0.5) is 0 Å². The molecule has 0 saturated carbocycles. The minimum atomic E-state index is -0.798. The van der Waals surface area contributed by atoms with E-state index in [0.29, 0.717) is 0 Å². The third-order valence-corrected chi connectivity index (χ3v) is 5.71. The van der Waals surface area contributed by atoms with Crippen LogP contribution in [0.15, 0.2) is 116 Å². The van der Waals surface area contributed by atoms with Crippen LogP contribution in [-0.4, -0.2) is 9.97 Å². The summed E-state index contributed by atoms with van der Waals surface area (Å²) in [6.07, 6.45) is 3.52. The fourth-order valence-electron chi connectivity index (χ4n) is 3.66. The summed E-state index contributed by atoms with van der Waals surface area (Å²) < 4.78 is 16.7. The third-order valence-electron chi connectivity index (χ3n) is 5.71. The van der Waals surface area contributed by atoms with Crippen molar-refractivity contribution in [2.45, 2.75) is 32.6 Å². The van der Waals surface area contributed by atoms with Gasteiger partial charge in [-0.25, -0.2) is 0 Å². The van der Waals surface area contributed by atoms with Gasteiger partial charge in [-0.2, -0.15) is 0 Å². The molecule has 2 heterocycles. The van der Waals surface area contributed by atoms with Gasteiger partial charge in [-0.3, -0.25) is 0 Å². The van der Waals surface area contributed by atoms with E-state index in [9.17, 15) is 0 Å². The average molecular weight is 649 g/mol. The van der Waals surface area contributed by atoms with Crippen molar-refractivity contribution >= 4 is 0 Å². The van der Waals surface area contributed by atoms with Crippen LogP contribution < -0.4 is 0 Å². The number of nitrogens with zero attached hydrogens (tertiary/aromatic N) is 2. The zero-order valence-corrected chi connectivity index (χ0v) is 23.1. The first-order valence-electron chi connectivity index (χ1n) is 12.7. The number of pyridine rings is 2. The second kappa shape index (κ2) is 13.6. The van der Waals surface area contributed by atoms with E-state index in [4.69, 9.17) is 2.74 Å². The van der Waals surface area contributed by atoms with Crippen molar-refractivity contribution in [1.29, 1.82) is 0 Å². The maximum atomic E-state index is 8.73. The number of benzene rings is 3. The molecule has 0 spiro atoms. The summed E-state index contributed by atoms with van der Waals surface area (Å²) in [5.41, 5.74) is 6.50. The zero-order valence-electron chi connectivity index (χ0n) is 22.7. The van der Waals surface area contributed by atoms with Gasteiger partial charge in [0.2, 0.25) is 0 Å². The van der Waals surface area contributed by atoms with Crippen molar-refractivity contribution < 1.29 is 22.8 Å². The summed E-state index contributed by atoms with van der Waals surface area (Å²) in [4.78, 5) is 8.71. The van der Waals surface area contributed by atoms with Crippen LogP contribution in [0.2, 0.25) is 0 Å². The molecular formula is C33H30IrN2-2. The van der Waals surface area contributed by atoms with Gasteiger partial charge in [0.05, 0.1) is 0 Å².